The van der Waals surface area contributed by atoms with E-state index in [9.17, 15) is 14.4 Å². The van der Waals surface area contributed by atoms with Crippen LogP contribution in [0.1, 0.15) is 9.78 Å². The summed E-state index contributed by atoms with van der Waals surface area (Å²) in [6.45, 7) is 2.25. The fraction of sp³-hybridized carbons (Fsp3) is 0.238. The Labute approximate surface area is 176 Å². The molecule has 1 aromatic heterocycles. The Morgan fingerprint density at radius 1 is 1.17 bits per heavy atom. The number of urea groups is 1. The van der Waals surface area contributed by atoms with Crippen LogP contribution < -0.4 is 21.1 Å². The van der Waals surface area contributed by atoms with Crippen molar-refractivity contribution >= 4 is 39.9 Å². The molecule has 0 unspecified atom stereocenters. The number of aromatic nitrogens is 2. The van der Waals surface area contributed by atoms with Gasteiger partial charge in [0, 0.05) is 41.0 Å². The van der Waals surface area contributed by atoms with Gasteiger partial charge in [-0.25, -0.2) is 9.78 Å². The Hall–Kier alpha value is -3.72. The van der Waals surface area contributed by atoms with Crippen LogP contribution in [-0.4, -0.2) is 42.3 Å². The Morgan fingerprint density at radius 2 is 1.90 bits per heavy atom. The number of benzene rings is 2. The number of carbonyl (C=O) groups excluding carboxylic acids is 2. The Bertz CT molecular complexity index is 1150. The average molecular weight is 413 g/mol. The summed E-state index contributed by atoms with van der Waals surface area (Å²) in [5, 5.41) is 5.84. The molecule has 0 radical (unpaired) electrons. The molecule has 0 atom stereocenters. The zero-order valence-corrected chi connectivity index (χ0v) is 17.0. The highest BCUT2D eigenvalue weighted by Gasteiger charge is 2.10. The van der Waals surface area contributed by atoms with Gasteiger partial charge in [-0.3, -0.25) is 14.2 Å². The van der Waals surface area contributed by atoms with E-state index in [2.05, 4.69) is 15.6 Å². The van der Waals surface area contributed by atoms with Crippen molar-refractivity contribution in [2.75, 3.05) is 36.3 Å². The fourth-order valence-electron chi connectivity index (χ4n) is 2.85. The van der Waals surface area contributed by atoms with Gasteiger partial charge >= 0.3 is 6.03 Å². The third kappa shape index (κ3) is 4.81. The van der Waals surface area contributed by atoms with Crippen LogP contribution in [0.2, 0.25) is 0 Å². The summed E-state index contributed by atoms with van der Waals surface area (Å²) in [4.78, 5) is 42.3. The number of amides is 3. The molecule has 1 heterocycles. The first-order valence-electron chi connectivity index (χ1n) is 9.29. The minimum atomic E-state index is -0.472. The molecular weight excluding hydrogens is 386 g/mol. The molecule has 0 aliphatic carbocycles. The van der Waals surface area contributed by atoms with E-state index in [1.807, 2.05) is 0 Å². The highest BCUT2D eigenvalue weighted by atomic mass is 16.5. The van der Waals surface area contributed by atoms with E-state index >= 15 is 0 Å². The predicted molar refractivity (Wildman–Crippen MR) is 120 cm³/mol. The largest absolute Gasteiger partial charge is 0.383 e. The lowest BCUT2D eigenvalue weighted by Crippen LogP contribution is -2.24. The molecular formula is C21H27N5O4. The number of ether oxygens (including phenoxy) is 1. The fourth-order valence-corrected chi connectivity index (χ4v) is 2.85. The predicted octanol–water partition coefficient (Wildman–Crippen LogP) is 3.16. The summed E-state index contributed by atoms with van der Waals surface area (Å²) in [6, 6.07) is 11.4. The zero-order valence-electron chi connectivity index (χ0n) is 17.0. The maximum atomic E-state index is 12.6. The lowest BCUT2D eigenvalue weighted by molar-refractivity contribution is -0.116. The summed E-state index contributed by atoms with van der Waals surface area (Å²) in [5.74, 6) is -0.113. The second kappa shape index (κ2) is 9.19. The second-order valence-corrected chi connectivity index (χ2v) is 6.68. The van der Waals surface area contributed by atoms with Crippen LogP contribution in [0.5, 0.6) is 0 Å². The molecule has 30 heavy (non-hydrogen) atoms. The van der Waals surface area contributed by atoms with E-state index in [-0.39, 0.29) is 14.3 Å². The van der Waals surface area contributed by atoms with Gasteiger partial charge in [0.05, 0.1) is 30.4 Å². The molecule has 0 aliphatic heterocycles. The number of methoxy groups -OCH3 is 1. The van der Waals surface area contributed by atoms with E-state index in [0.29, 0.717) is 41.1 Å². The molecule has 0 spiro atoms. The Balaban J connectivity index is 0.00000256. The molecule has 2 N–H and O–H groups in total. The van der Waals surface area contributed by atoms with Crippen LogP contribution in [0, 0.1) is 0 Å². The number of anilines is 3. The molecule has 3 rings (SSSR count). The Morgan fingerprint density at radius 3 is 2.60 bits per heavy atom. The molecule has 0 saturated heterocycles. The maximum absolute atomic E-state index is 12.6. The van der Waals surface area contributed by atoms with E-state index in [1.54, 1.807) is 56.6 Å². The van der Waals surface area contributed by atoms with Gasteiger partial charge in [0.2, 0.25) is 5.91 Å². The first-order valence-corrected chi connectivity index (χ1v) is 9.29. The van der Waals surface area contributed by atoms with Crippen LogP contribution in [0.4, 0.5) is 21.9 Å². The second-order valence-electron chi connectivity index (χ2n) is 6.68. The number of hydrogen-bond donors (Lipinski definition) is 2. The number of carbonyl (C=O) groups is 2. The van der Waals surface area contributed by atoms with Crippen molar-refractivity contribution in [3.05, 3.63) is 59.1 Å². The topological polar surface area (TPSA) is 106 Å². The quantitative estimate of drug-likeness (QED) is 0.646. The van der Waals surface area contributed by atoms with Crippen molar-refractivity contribution in [1.29, 1.82) is 0 Å². The molecule has 160 valence electrons. The lowest BCUT2D eigenvalue weighted by atomic mass is 10.2. The summed E-state index contributed by atoms with van der Waals surface area (Å²) in [5.41, 5.74) is 1.98. The number of rotatable bonds is 6. The summed E-state index contributed by atoms with van der Waals surface area (Å²) < 4.78 is 6.47. The summed E-state index contributed by atoms with van der Waals surface area (Å²) in [6.07, 6.45) is 1.48. The molecule has 3 amide bonds. The van der Waals surface area contributed by atoms with Gasteiger partial charge < -0.3 is 20.3 Å². The molecule has 9 heteroatoms. The standard InChI is InChI=1S/C21H23N5O4.2H2/c1-14(27)25(2)17-6-4-5-15(11-17)23-21(29)24-16-7-8-19-18(12-16)20(28)26(13-22-19)9-10-30-3;;/h4-8,11-13H,9-10H2,1-3H3,(H2,23,24,29);2*1H. The lowest BCUT2D eigenvalue weighted by Gasteiger charge is -2.16. The molecule has 2 aromatic carbocycles. The van der Waals surface area contributed by atoms with Crippen molar-refractivity contribution in [3.8, 4) is 0 Å². The van der Waals surface area contributed by atoms with Crippen molar-refractivity contribution in [2.45, 2.75) is 13.5 Å². The van der Waals surface area contributed by atoms with Crippen molar-refractivity contribution in [3.63, 3.8) is 0 Å². The molecule has 0 aliphatic rings. The first kappa shape index (κ1) is 21.0. The van der Waals surface area contributed by atoms with Crippen LogP contribution in [0.3, 0.4) is 0 Å². The van der Waals surface area contributed by atoms with E-state index in [1.165, 1.54) is 22.7 Å². The maximum Gasteiger partial charge on any atom is 0.323 e. The summed E-state index contributed by atoms with van der Waals surface area (Å²) >= 11 is 0. The molecule has 0 saturated carbocycles. The highest BCUT2D eigenvalue weighted by molar-refractivity contribution is 6.01. The van der Waals surface area contributed by atoms with Crippen LogP contribution >= 0.6 is 0 Å². The van der Waals surface area contributed by atoms with E-state index in [0.717, 1.165) is 0 Å². The van der Waals surface area contributed by atoms with Crippen molar-refractivity contribution in [1.82, 2.24) is 9.55 Å². The first-order chi connectivity index (χ1) is 14.4. The number of nitrogens with zero attached hydrogens (tertiary/aromatic N) is 3. The van der Waals surface area contributed by atoms with Gasteiger partial charge in [-0.1, -0.05) is 6.07 Å². The smallest absolute Gasteiger partial charge is 0.323 e. The summed E-state index contributed by atoms with van der Waals surface area (Å²) in [7, 11) is 3.22. The van der Waals surface area contributed by atoms with Gasteiger partial charge in [0.1, 0.15) is 0 Å². The van der Waals surface area contributed by atoms with Crippen molar-refractivity contribution < 1.29 is 17.2 Å². The molecule has 3 aromatic rings. The number of nitrogens with one attached hydrogen (secondary N) is 2. The van der Waals surface area contributed by atoms with Crippen LogP contribution in [0.25, 0.3) is 10.9 Å². The third-order valence-electron chi connectivity index (χ3n) is 4.58. The zero-order chi connectivity index (χ0) is 21.7. The third-order valence-corrected chi connectivity index (χ3v) is 4.58. The van der Waals surface area contributed by atoms with Crippen LogP contribution in [-0.2, 0) is 16.1 Å². The number of fused-ring (bicyclic) bond motifs is 1. The Kier molecular flexibility index (Phi) is 6.43. The normalized spacial score (nSPS) is 10.6. The minimum absolute atomic E-state index is 0. The van der Waals surface area contributed by atoms with E-state index < -0.39 is 6.03 Å². The van der Waals surface area contributed by atoms with E-state index in [4.69, 9.17) is 4.74 Å². The van der Waals surface area contributed by atoms with Gasteiger partial charge in [0.25, 0.3) is 5.56 Å². The molecule has 0 bridgehead atoms. The van der Waals surface area contributed by atoms with Gasteiger partial charge in [-0.15, -0.1) is 0 Å². The molecule has 0 fully saturated rings. The highest BCUT2D eigenvalue weighted by Crippen LogP contribution is 2.19. The van der Waals surface area contributed by atoms with Crippen molar-refractivity contribution in [2.24, 2.45) is 0 Å². The monoisotopic (exact) mass is 413 g/mol. The SMILES string of the molecule is COCCn1cnc2ccc(NC(=O)Nc3cccc(N(C)C(C)=O)c3)cc2c1=O.[HH].[HH]. The molecule has 9 nitrogen and oxygen atoms in total. The average Bonchev–Trinajstić information content (AvgIpc) is 2.73. The van der Waals surface area contributed by atoms with Gasteiger partial charge in [-0.2, -0.15) is 0 Å². The van der Waals surface area contributed by atoms with Crippen LogP contribution in [0.15, 0.2) is 53.6 Å². The van der Waals surface area contributed by atoms with Gasteiger partial charge in [-0.05, 0) is 36.4 Å². The minimum Gasteiger partial charge on any atom is -0.383 e. The van der Waals surface area contributed by atoms with Gasteiger partial charge in [0.15, 0.2) is 0 Å². The number of hydrogen-bond acceptors (Lipinski definition) is 5.